The molecule has 9 nitrogen and oxygen atoms in total. The number of benzene rings is 1. The van der Waals surface area contributed by atoms with Gasteiger partial charge < -0.3 is 19.3 Å². The second-order valence-corrected chi connectivity index (χ2v) is 11.5. The van der Waals surface area contributed by atoms with Crippen LogP contribution in [0.1, 0.15) is 23.5 Å². The second-order valence-electron chi connectivity index (χ2n) is 9.18. The Balaban J connectivity index is 1.39. The van der Waals surface area contributed by atoms with Crippen LogP contribution < -0.4 is 4.28 Å². The highest BCUT2D eigenvalue weighted by Gasteiger charge is 2.41. The average molecular weight is 542 g/mol. The maximum atomic E-state index is 12.4. The summed E-state index contributed by atoms with van der Waals surface area (Å²) in [5, 5.41) is 1.05. The topological polar surface area (TPSA) is 90.3 Å². The number of piperidine rings is 1. The fraction of sp³-hybridized carbons (Fsp3) is 0.591. The molecule has 0 spiro atoms. The van der Waals surface area contributed by atoms with Crippen LogP contribution in [-0.4, -0.2) is 87.8 Å². The summed E-state index contributed by atoms with van der Waals surface area (Å²) in [6.45, 7) is 3.46. The van der Waals surface area contributed by atoms with Crippen molar-refractivity contribution in [3.63, 3.8) is 0 Å². The fourth-order valence-electron chi connectivity index (χ4n) is 5.52. The lowest BCUT2D eigenvalue weighted by Crippen LogP contribution is -2.49. The van der Waals surface area contributed by atoms with Crippen molar-refractivity contribution in [2.45, 2.75) is 24.8 Å². The number of amides is 1. The van der Waals surface area contributed by atoms with Crippen LogP contribution in [0.3, 0.4) is 0 Å². The molecule has 1 aromatic carbocycles. The van der Waals surface area contributed by atoms with Gasteiger partial charge >= 0.3 is 16.2 Å². The van der Waals surface area contributed by atoms with Crippen LogP contribution in [0.25, 0.3) is 10.9 Å². The molecule has 0 bridgehead atoms. The molecule has 0 saturated carbocycles. The van der Waals surface area contributed by atoms with Gasteiger partial charge in [0, 0.05) is 42.9 Å². The number of rotatable bonds is 4. The van der Waals surface area contributed by atoms with Gasteiger partial charge in [0.15, 0.2) is 0 Å². The summed E-state index contributed by atoms with van der Waals surface area (Å²) in [6, 6.07) is 6.22. The zero-order valence-corrected chi connectivity index (χ0v) is 21.1. The normalized spacial score (nSPS) is 25.7. The molecule has 2 aliphatic heterocycles. The van der Waals surface area contributed by atoms with Gasteiger partial charge in [0.25, 0.3) is 0 Å². The highest BCUT2D eigenvalue weighted by molar-refractivity contribution is 9.10. The van der Waals surface area contributed by atoms with Gasteiger partial charge in [-0.05, 0) is 53.0 Å². The fourth-order valence-corrected chi connectivity index (χ4v) is 6.66. The molecule has 1 aromatic heterocycles. The van der Waals surface area contributed by atoms with Crippen LogP contribution in [0.4, 0.5) is 4.79 Å². The number of fused-ring (bicyclic) bond motifs is 2. The molecule has 0 N–H and O–H groups in total. The van der Waals surface area contributed by atoms with Crippen LogP contribution in [0, 0.1) is 5.92 Å². The van der Waals surface area contributed by atoms with Gasteiger partial charge in [-0.3, -0.25) is 4.28 Å². The van der Waals surface area contributed by atoms with E-state index in [-0.39, 0.29) is 24.0 Å². The van der Waals surface area contributed by atoms with E-state index < -0.39 is 10.1 Å². The zero-order chi connectivity index (χ0) is 23.3. The first kappa shape index (κ1) is 22.9. The maximum Gasteiger partial charge on any atom is 0.409 e. The lowest BCUT2D eigenvalue weighted by atomic mass is 9.72. The predicted molar refractivity (Wildman–Crippen MR) is 126 cm³/mol. The van der Waals surface area contributed by atoms with Gasteiger partial charge in [-0.1, -0.05) is 12.1 Å². The molecule has 2 aromatic rings. The number of aromatic nitrogens is 1. The van der Waals surface area contributed by atoms with E-state index in [1.807, 2.05) is 12.1 Å². The van der Waals surface area contributed by atoms with Crippen molar-refractivity contribution in [2.24, 2.45) is 5.92 Å². The summed E-state index contributed by atoms with van der Waals surface area (Å²) < 4.78 is 42.0. The van der Waals surface area contributed by atoms with Gasteiger partial charge in [-0.2, -0.15) is 13.1 Å². The first-order chi connectivity index (χ1) is 15.7. The first-order valence-corrected chi connectivity index (χ1v) is 13.7. The van der Waals surface area contributed by atoms with Gasteiger partial charge in [-0.15, -0.1) is 0 Å². The molecule has 11 heteroatoms. The van der Waals surface area contributed by atoms with Crippen LogP contribution >= 0.6 is 15.9 Å². The summed E-state index contributed by atoms with van der Waals surface area (Å²) in [5.74, 6) is 0.476. The highest BCUT2D eigenvalue weighted by Crippen LogP contribution is 2.47. The number of ether oxygens (including phenoxy) is 2. The van der Waals surface area contributed by atoms with E-state index in [1.165, 1.54) is 10.3 Å². The van der Waals surface area contributed by atoms with E-state index in [0.717, 1.165) is 42.1 Å². The summed E-state index contributed by atoms with van der Waals surface area (Å²) in [5.41, 5.74) is 2.99. The van der Waals surface area contributed by atoms with Gasteiger partial charge in [0.2, 0.25) is 0 Å². The van der Waals surface area contributed by atoms with Crippen molar-refractivity contribution in [2.75, 3.05) is 52.8 Å². The van der Waals surface area contributed by atoms with Gasteiger partial charge in [-0.25, -0.2) is 4.79 Å². The number of likely N-dealkylation sites (tertiary alicyclic amines) is 1. The molecule has 2 fully saturated rings. The summed E-state index contributed by atoms with van der Waals surface area (Å²) in [6.07, 6.45) is 2.47. The molecule has 3 aliphatic rings. The largest absolute Gasteiger partial charge is 0.449 e. The molecule has 3 heterocycles. The number of hydrogen-bond donors (Lipinski definition) is 0. The Bertz CT molecular complexity index is 1180. The van der Waals surface area contributed by atoms with E-state index in [9.17, 15) is 13.2 Å². The molecule has 1 unspecified atom stereocenters. The Morgan fingerprint density at radius 1 is 1.27 bits per heavy atom. The van der Waals surface area contributed by atoms with Crippen LogP contribution in [0.5, 0.6) is 0 Å². The summed E-state index contributed by atoms with van der Waals surface area (Å²) in [4.78, 5) is 16.5. The van der Waals surface area contributed by atoms with Crippen molar-refractivity contribution in [3.8, 4) is 0 Å². The molecule has 33 heavy (non-hydrogen) atoms. The summed E-state index contributed by atoms with van der Waals surface area (Å²) >= 11 is 3.59. The monoisotopic (exact) mass is 541 g/mol. The third kappa shape index (κ3) is 4.36. The minimum atomic E-state index is -3.69. The predicted octanol–water partition coefficient (Wildman–Crippen LogP) is 2.22. The maximum absolute atomic E-state index is 12.4. The minimum Gasteiger partial charge on any atom is -0.449 e. The van der Waals surface area contributed by atoms with Crippen LogP contribution in [0.15, 0.2) is 22.8 Å². The van der Waals surface area contributed by atoms with E-state index in [0.29, 0.717) is 37.5 Å². The third-order valence-corrected chi connectivity index (χ3v) is 8.14. The highest BCUT2D eigenvalue weighted by atomic mass is 79.9. The van der Waals surface area contributed by atoms with Crippen LogP contribution in [-0.2, 0) is 26.0 Å². The average Bonchev–Trinajstić information content (AvgIpc) is 3.04. The Kier molecular flexibility index (Phi) is 6.09. The zero-order valence-electron chi connectivity index (χ0n) is 18.7. The minimum absolute atomic E-state index is 0.218. The lowest BCUT2D eigenvalue weighted by Gasteiger charge is -2.45. The van der Waals surface area contributed by atoms with Crippen molar-refractivity contribution in [1.29, 1.82) is 0 Å². The van der Waals surface area contributed by atoms with E-state index >= 15 is 0 Å². The molecule has 5 rings (SSSR count). The smallest absolute Gasteiger partial charge is 0.409 e. The van der Waals surface area contributed by atoms with Crippen molar-refractivity contribution >= 4 is 43.0 Å². The van der Waals surface area contributed by atoms with E-state index in [4.69, 9.17) is 13.8 Å². The number of carbonyl (C=O) groups excluding carboxylic acids is 1. The number of morpholine rings is 1. The van der Waals surface area contributed by atoms with Crippen molar-refractivity contribution < 1.29 is 27.0 Å². The van der Waals surface area contributed by atoms with Crippen LogP contribution in [0.2, 0.25) is 0 Å². The molecule has 180 valence electrons. The molecular formula is C22H28BrN3O6S. The number of likely N-dealkylation sites (N-methyl/N-ethyl adjacent to an activating group) is 1. The Hall–Kier alpha value is -1.82. The third-order valence-electron chi connectivity index (χ3n) is 6.92. The quantitative estimate of drug-likeness (QED) is 0.586. The number of carbonyl (C=O) groups is 1. The number of hydrogen-bond acceptors (Lipinski definition) is 7. The standard InChI is InChI=1S/C22H28BrN3O6S/c1-24-12-14(13-31-22(27)25-6-8-30-9-7-25)10-16-15-4-3-5-18-20(15)17(11-19(16)24)21(23)26(18)32-33(2,28)29/h3-5,14,16,19H,6-13H2,1-2H3/t14?,16-,19-/m0/s1. The molecule has 2 saturated heterocycles. The Morgan fingerprint density at radius 3 is 2.76 bits per heavy atom. The molecule has 0 radical (unpaired) electrons. The number of nitrogens with zero attached hydrogens (tertiary/aromatic N) is 3. The van der Waals surface area contributed by atoms with Crippen molar-refractivity contribution in [1.82, 2.24) is 14.5 Å². The van der Waals surface area contributed by atoms with Crippen molar-refractivity contribution in [3.05, 3.63) is 33.9 Å². The second kappa shape index (κ2) is 8.75. The Morgan fingerprint density at radius 2 is 2.03 bits per heavy atom. The summed E-state index contributed by atoms with van der Waals surface area (Å²) in [7, 11) is -1.58. The molecule has 1 aliphatic carbocycles. The molecule has 1 amide bonds. The molecular weight excluding hydrogens is 514 g/mol. The first-order valence-electron chi connectivity index (χ1n) is 11.1. The van der Waals surface area contributed by atoms with E-state index in [2.05, 4.69) is 33.9 Å². The van der Waals surface area contributed by atoms with Gasteiger partial charge in [0.1, 0.15) is 4.60 Å². The number of halogens is 1. The molecule has 3 atom stereocenters. The Labute approximate surface area is 201 Å². The SMILES string of the molecule is CN1CC(COC(=O)N2CCOCC2)C[C@H]2c3cccc4c3c(c(Br)n4OS(C)(=O)=O)C[C@@H]21. The van der Waals surface area contributed by atoms with Gasteiger partial charge in [0.05, 0.1) is 31.6 Å². The van der Waals surface area contributed by atoms with E-state index in [1.54, 1.807) is 4.90 Å². The lowest BCUT2D eigenvalue weighted by molar-refractivity contribution is 0.0132.